The highest BCUT2D eigenvalue weighted by Crippen LogP contribution is 2.41. The van der Waals surface area contributed by atoms with E-state index in [1.165, 1.54) is 18.6 Å². The number of benzene rings is 1. The first-order valence-corrected chi connectivity index (χ1v) is 9.41. The normalized spacial score (nSPS) is 16.2. The predicted octanol–water partition coefficient (Wildman–Crippen LogP) is 5.02. The Kier molecular flexibility index (Phi) is 4.94. The molecule has 0 aliphatic carbocycles. The summed E-state index contributed by atoms with van der Waals surface area (Å²) in [4.78, 5) is 20.6. The maximum Gasteiger partial charge on any atom is 0.207 e. The summed E-state index contributed by atoms with van der Waals surface area (Å²) >= 11 is 13.4. The molecule has 0 saturated heterocycles. The van der Waals surface area contributed by atoms with Crippen LogP contribution in [0.1, 0.15) is 38.0 Å². The number of hydrogen-bond donors (Lipinski definition) is 0. The number of ketones is 1. The van der Waals surface area contributed by atoms with Gasteiger partial charge in [0.1, 0.15) is 17.6 Å². The quantitative estimate of drug-likeness (QED) is 0.435. The molecule has 0 spiro atoms. The van der Waals surface area contributed by atoms with Crippen molar-refractivity contribution in [2.75, 3.05) is 6.61 Å². The Hall–Kier alpha value is -1.93. The lowest BCUT2D eigenvalue weighted by atomic mass is 9.93. The van der Waals surface area contributed by atoms with Gasteiger partial charge in [-0.25, -0.2) is 18.7 Å². The van der Waals surface area contributed by atoms with E-state index < -0.39 is 17.7 Å². The van der Waals surface area contributed by atoms with E-state index in [4.69, 9.17) is 27.9 Å². The van der Waals surface area contributed by atoms with Crippen LogP contribution >= 0.6 is 34.5 Å². The second kappa shape index (κ2) is 7.24. The zero-order valence-electron chi connectivity index (χ0n) is 13.5. The third-order valence-corrected chi connectivity index (χ3v) is 5.94. The fourth-order valence-corrected chi connectivity index (χ4v) is 4.42. The first-order valence-electron chi connectivity index (χ1n) is 7.84. The number of hydrogen-bond acceptors (Lipinski definition) is 5. The van der Waals surface area contributed by atoms with Gasteiger partial charge < -0.3 is 4.74 Å². The highest BCUT2D eigenvalue weighted by molar-refractivity contribution is 7.18. The van der Waals surface area contributed by atoms with E-state index in [2.05, 4.69) is 9.97 Å². The number of thiophene rings is 1. The molecule has 4 nitrogen and oxygen atoms in total. The average Bonchev–Trinajstić information content (AvgIpc) is 3.04. The minimum absolute atomic E-state index is 0.0397. The van der Waals surface area contributed by atoms with Crippen LogP contribution in [0.4, 0.5) is 8.78 Å². The smallest absolute Gasteiger partial charge is 0.207 e. The van der Waals surface area contributed by atoms with Crippen LogP contribution in [0.2, 0.25) is 9.49 Å². The standard InChI is InChI=1S/C18H10Cl2F2N2O2S/c19-17-11(6-23-7-24-17)15(25)14-5-10(18(20)27-14)16-9-4-13(22)12(21)3-8(9)1-2-26-16/h3-7,16H,1-2H2. The molecule has 0 N–H and O–H groups in total. The number of ether oxygens (including phenoxy) is 1. The molecule has 4 rings (SSSR count). The van der Waals surface area contributed by atoms with E-state index in [9.17, 15) is 13.6 Å². The van der Waals surface area contributed by atoms with E-state index in [1.807, 2.05) is 0 Å². The van der Waals surface area contributed by atoms with Crippen molar-refractivity contribution >= 4 is 40.3 Å². The van der Waals surface area contributed by atoms with Crippen molar-refractivity contribution in [2.45, 2.75) is 12.5 Å². The molecule has 0 bridgehead atoms. The molecule has 0 radical (unpaired) electrons. The molecule has 1 aliphatic heterocycles. The molecule has 3 heterocycles. The SMILES string of the molecule is O=C(c1cc(C2OCCc3cc(F)c(F)cc32)c(Cl)s1)c1cncnc1Cl. The molecule has 0 saturated carbocycles. The Labute approximate surface area is 166 Å². The topological polar surface area (TPSA) is 52.1 Å². The maximum absolute atomic E-state index is 13.8. The Bertz CT molecular complexity index is 1060. The van der Waals surface area contributed by atoms with E-state index in [0.717, 1.165) is 17.4 Å². The molecule has 3 aromatic rings. The first-order chi connectivity index (χ1) is 13.0. The summed E-state index contributed by atoms with van der Waals surface area (Å²) < 4.78 is 33.4. The van der Waals surface area contributed by atoms with Crippen LogP contribution in [0.15, 0.2) is 30.7 Å². The van der Waals surface area contributed by atoms with Gasteiger partial charge in [-0.05, 0) is 35.7 Å². The van der Waals surface area contributed by atoms with Crippen molar-refractivity contribution in [1.29, 1.82) is 0 Å². The van der Waals surface area contributed by atoms with Crippen molar-refractivity contribution in [2.24, 2.45) is 0 Å². The van der Waals surface area contributed by atoms with Crippen molar-refractivity contribution in [1.82, 2.24) is 9.97 Å². The van der Waals surface area contributed by atoms with E-state index in [-0.39, 0.29) is 16.5 Å². The van der Waals surface area contributed by atoms with Crippen LogP contribution in [-0.4, -0.2) is 22.4 Å². The van der Waals surface area contributed by atoms with Crippen LogP contribution in [0.25, 0.3) is 0 Å². The minimum Gasteiger partial charge on any atom is -0.368 e. The molecule has 2 aromatic heterocycles. The van der Waals surface area contributed by atoms with Crippen molar-refractivity contribution < 1.29 is 18.3 Å². The molecular formula is C18H10Cl2F2N2O2S. The largest absolute Gasteiger partial charge is 0.368 e. The van der Waals surface area contributed by atoms with E-state index in [0.29, 0.717) is 38.9 Å². The molecule has 1 aromatic carbocycles. The molecule has 27 heavy (non-hydrogen) atoms. The van der Waals surface area contributed by atoms with Gasteiger partial charge in [-0.3, -0.25) is 4.79 Å². The summed E-state index contributed by atoms with van der Waals surface area (Å²) in [5.74, 6) is -2.24. The van der Waals surface area contributed by atoms with Gasteiger partial charge in [-0.1, -0.05) is 23.2 Å². The summed E-state index contributed by atoms with van der Waals surface area (Å²) in [6.45, 7) is 0.330. The molecule has 0 fully saturated rings. The Morgan fingerprint density at radius 3 is 2.74 bits per heavy atom. The van der Waals surface area contributed by atoms with Gasteiger partial charge in [0.15, 0.2) is 11.6 Å². The van der Waals surface area contributed by atoms with Gasteiger partial charge in [-0.15, -0.1) is 11.3 Å². The van der Waals surface area contributed by atoms with Gasteiger partial charge in [0.25, 0.3) is 0 Å². The van der Waals surface area contributed by atoms with Crippen LogP contribution in [0.3, 0.4) is 0 Å². The molecule has 1 unspecified atom stereocenters. The monoisotopic (exact) mass is 426 g/mol. The van der Waals surface area contributed by atoms with Crippen molar-refractivity contribution in [3.05, 3.63) is 79.0 Å². The Morgan fingerprint density at radius 1 is 1.19 bits per heavy atom. The van der Waals surface area contributed by atoms with Crippen LogP contribution in [0.5, 0.6) is 0 Å². The number of halogens is 4. The number of carbonyl (C=O) groups is 1. The van der Waals surface area contributed by atoms with Crippen LogP contribution in [-0.2, 0) is 11.2 Å². The number of aromatic nitrogens is 2. The zero-order valence-corrected chi connectivity index (χ0v) is 15.8. The second-order valence-electron chi connectivity index (χ2n) is 5.86. The third-order valence-electron chi connectivity index (χ3n) is 4.25. The molecular weight excluding hydrogens is 417 g/mol. The van der Waals surface area contributed by atoms with Gasteiger partial charge in [0, 0.05) is 11.8 Å². The lowest BCUT2D eigenvalue weighted by Gasteiger charge is -2.26. The van der Waals surface area contributed by atoms with Gasteiger partial charge in [0.05, 0.1) is 21.4 Å². The predicted molar refractivity (Wildman–Crippen MR) is 97.7 cm³/mol. The second-order valence-corrected chi connectivity index (χ2v) is 7.87. The van der Waals surface area contributed by atoms with Crippen LogP contribution < -0.4 is 0 Å². The summed E-state index contributed by atoms with van der Waals surface area (Å²) in [7, 11) is 0. The highest BCUT2D eigenvalue weighted by Gasteiger charge is 2.29. The molecule has 1 aliphatic rings. The molecule has 138 valence electrons. The minimum atomic E-state index is -0.958. The Balaban J connectivity index is 1.75. The lowest BCUT2D eigenvalue weighted by molar-refractivity contribution is 0.0696. The van der Waals surface area contributed by atoms with E-state index in [1.54, 1.807) is 6.07 Å². The van der Waals surface area contributed by atoms with Crippen LogP contribution in [0, 0.1) is 11.6 Å². The lowest BCUT2D eigenvalue weighted by Crippen LogP contribution is -2.18. The fourth-order valence-electron chi connectivity index (χ4n) is 2.97. The van der Waals surface area contributed by atoms with Crippen molar-refractivity contribution in [3.8, 4) is 0 Å². The van der Waals surface area contributed by atoms with Gasteiger partial charge in [-0.2, -0.15) is 0 Å². The Morgan fingerprint density at radius 2 is 1.96 bits per heavy atom. The summed E-state index contributed by atoms with van der Waals surface area (Å²) in [6.07, 6.45) is 2.35. The highest BCUT2D eigenvalue weighted by atomic mass is 35.5. The van der Waals surface area contributed by atoms with Gasteiger partial charge in [0.2, 0.25) is 5.78 Å². The van der Waals surface area contributed by atoms with E-state index >= 15 is 0 Å². The first kappa shape index (κ1) is 18.4. The third kappa shape index (κ3) is 3.36. The summed E-state index contributed by atoms with van der Waals surface area (Å²) in [6, 6.07) is 3.87. The number of nitrogens with zero attached hydrogens (tertiary/aromatic N) is 2. The van der Waals surface area contributed by atoms with Gasteiger partial charge >= 0.3 is 0 Å². The summed E-state index contributed by atoms with van der Waals surface area (Å²) in [5.41, 5.74) is 1.83. The number of rotatable bonds is 3. The molecule has 9 heteroatoms. The maximum atomic E-state index is 13.8. The average molecular weight is 427 g/mol. The van der Waals surface area contributed by atoms with Crippen molar-refractivity contribution in [3.63, 3.8) is 0 Å². The number of fused-ring (bicyclic) bond motifs is 1. The summed E-state index contributed by atoms with van der Waals surface area (Å²) in [5, 5.41) is 0.0397. The molecule has 0 amide bonds. The fraction of sp³-hybridized carbons (Fsp3) is 0.167. The number of carbonyl (C=O) groups excluding carboxylic acids is 1. The zero-order chi connectivity index (χ0) is 19.1. The molecule has 1 atom stereocenters.